The van der Waals surface area contributed by atoms with Crippen LogP contribution in [0.2, 0.25) is 0 Å². The lowest BCUT2D eigenvalue weighted by molar-refractivity contribution is 0.171. The molecule has 24 heavy (non-hydrogen) atoms. The number of hydrogen-bond acceptors (Lipinski definition) is 0. The first kappa shape index (κ1) is 17.6. The Balaban J connectivity index is 1.55. The number of halogens is 3. The van der Waals surface area contributed by atoms with Crippen molar-refractivity contribution in [2.24, 2.45) is 17.8 Å². The summed E-state index contributed by atoms with van der Waals surface area (Å²) in [4.78, 5) is 0. The minimum atomic E-state index is -1.36. The van der Waals surface area contributed by atoms with E-state index in [1.807, 2.05) is 0 Å². The largest absolute Gasteiger partial charge is 0.204 e. The van der Waals surface area contributed by atoms with E-state index in [0.29, 0.717) is 5.56 Å². The van der Waals surface area contributed by atoms with Gasteiger partial charge in [0.1, 0.15) is 0 Å². The highest BCUT2D eigenvalue weighted by atomic mass is 19.2. The molecule has 0 spiro atoms. The molecule has 0 N–H and O–H groups in total. The summed E-state index contributed by atoms with van der Waals surface area (Å²) in [5.74, 6) is -0.982. The summed E-state index contributed by atoms with van der Waals surface area (Å²) in [6, 6.07) is 2.37. The van der Waals surface area contributed by atoms with E-state index in [0.717, 1.165) is 43.4 Å². The van der Waals surface area contributed by atoms with Gasteiger partial charge in [0, 0.05) is 0 Å². The van der Waals surface area contributed by atoms with E-state index in [1.54, 1.807) is 0 Å². The molecule has 3 heteroatoms. The predicted octanol–water partition coefficient (Wildman–Crippen LogP) is 6.76. The summed E-state index contributed by atoms with van der Waals surface area (Å²) in [6.45, 7) is 2.09. The molecule has 1 aromatic rings. The van der Waals surface area contributed by atoms with Crippen molar-refractivity contribution < 1.29 is 13.2 Å². The minimum Gasteiger partial charge on any atom is -0.204 e. The Morgan fingerprint density at radius 1 is 0.792 bits per heavy atom. The van der Waals surface area contributed by atoms with Crippen molar-refractivity contribution in [1.82, 2.24) is 0 Å². The smallest absolute Gasteiger partial charge is 0.194 e. The van der Waals surface area contributed by atoms with Crippen LogP contribution in [0.4, 0.5) is 13.2 Å². The Hall–Kier alpha value is -1.25. The van der Waals surface area contributed by atoms with Gasteiger partial charge in [-0.05, 0) is 99.7 Å². The third-order valence-corrected chi connectivity index (χ3v) is 6.20. The first-order valence-corrected chi connectivity index (χ1v) is 9.35. The number of benzene rings is 1. The van der Waals surface area contributed by atoms with E-state index in [2.05, 4.69) is 19.1 Å². The lowest BCUT2D eigenvalue weighted by Gasteiger charge is -2.37. The van der Waals surface area contributed by atoms with Crippen LogP contribution in [0.15, 0.2) is 24.3 Å². The summed E-state index contributed by atoms with van der Waals surface area (Å²) in [5, 5.41) is 0. The molecule has 0 bridgehead atoms. The van der Waals surface area contributed by atoms with Crippen LogP contribution in [0.25, 0.3) is 0 Å². The van der Waals surface area contributed by atoms with Crippen LogP contribution in [0.3, 0.4) is 0 Å². The molecule has 0 heterocycles. The molecule has 0 atom stereocenters. The van der Waals surface area contributed by atoms with Gasteiger partial charge in [-0.1, -0.05) is 12.2 Å². The fourth-order valence-electron chi connectivity index (χ4n) is 4.82. The SMILES string of the molecule is CC=C[C@H]1CC[C@H]([C@H]2CC[C@H](c3cc(F)c(F)c(F)c3)CC2)CC1. The first-order valence-electron chi connectivity index (χ1n) is 9.35. The second-order valence-electron chi connectivity index (χ2n) is 7.61. The van der Waals surface area contributed by atoms with E-state index in [-0.39, 0.29) is 5.92 Å². The average Bonchev–Trinajstić information content (AvgIpc) is 2.60. The molecular formula is C21H27F3. The maximum absolute atomic E-state index is 13.4. The number of hydrogen-bond donors (Lipinski definition) is 0. The molecule has 0 nitrogen and oxygen atoms in total. The normalized spacial score (nSPS) is 31.5. The van der Waals surface area contributed by atoms with Crippen molar-refractivity contribution in [2.45, 2.75) is 64.2 Å². The van der Waals surface area contributed by atoms with Gasteiger partial charge in [0.2, 0.25) is 0 Å². The van der Waals surface area contributed by atoms with Crippen LogP contribution in [0.5, 0.6) is 0 Å². The molecule has 2 aliphatic rings. The zero-order valence-corrected chi connectivity index (χ0v) is 14.4. The van der Waals surface area contributed by atoms with Crippen LogP contribution in [0.1, 0.15) is 69.8 Å². The highest BCUT2D eigenvalue weighted by Gasteiger charge is 2.31. The second kappa shape index (κ2) is 7.76. The van der Waals surface area contributed by atoms with Crippen molar-refractivity contribution in [3.63, 3.8) is 0 Å². The Kier molecular flexibility index (Phi) is 5.68. The van der Waals surface area contributed by atoms with Crippen molar-refractivity contribution in [3.8, 4) is 0 Å². The molecule has 0 radical (unpaired) electrons. The lowest BCUT2D eigenvalue weighted by atomic mass is 9.68. The Morgan fingerprint density at radius 3 is 1.79 bits per heavy atom. The number of rotatable bonds is 3. The van der Waals surface area contributed by atoms with Gasteiger partial charge in [-0.25, -0.2) is 13.2 Å². The van der Waals surface area contributed by atoms with Crippen LogP contribution >= 0.6 is 0 Å². The van der Waals surface area contributed by atoms with Crippen LogP contribution in [0, 0.1) is 35.2 Å². The zero-order chi connectivity index (χ0) is 17.1. The Labute approximate surface area is 143 Å². The summed E-state index contributed by atoms with van der Waals surface area (Å²) in [5.41, 5.74) is 0.627. The summed E-state index contributed by atoms with van der Waals surface area (Å²) < 4.78 is 40.0. The standard InChI is InChI=1S/C21H27F3/c1-2-3-14-4-6-15(7-5-14)16-8-10-17(11-9-16)18-12-19(22)21(24)20(23)13-18/h2-3,12-17H,4-11H2,1H3/t14-,15-,16-,17-. The fourth-order valence-corrected chi connectivity index (χ4v) is 4.82. The molecule has 3 rings (SSSR count). The van der Waals surface area contributed by atoms with Crippen LogP contribution in [-0.4, -0.2) is 0 Å². The molecular weight excluding hydrogens is 309 g/mol. The van der Waals surface area contributed by atoms with E-state index in [9.17, 15) is 13.2 Å². The van der Waals surface area contributed by atoms with Crippen LogP contribution < -0.4 is 0 Å². The summed E-state index contributed by atoms with van der Waals surface area (Å²) >= 11 is 0. The molecule has 2 fully saturated rings. The summed E-state index contributed by atoms with van der Waals surface area (Å²) in [7, 11) is 0. The zero-order valence-electron chi connectivity index (χ0n) is 14.4. The molecule has 0 amide bonds. The van der Waals surface area contributed by atoms with Gasteiger partial charge in [0.15, 0.2) is 17.5 Å². The highest BCUT2D eigenvalue weighted by molar-refractivity contribution is 5.23. The van der Waals surface area contributed by atoms with Crippen molar-refractivity contribution in [3.05, 3.63) is 47.3 Å². The molecule has 2 aliphatic carbocycles. The van der Waals surface area contributed by atoms with Gasteiger partial charge in [0.05, 0.1) is 0 Å². The van der Waals surface area contributed by atoms with Gasteiger partial charge < -0.3 is 0 Å². The van der Waals surface area contributed by atoms with Crippen LogP contribution in [-0.2, 0) is 0 Å². The first-order chi connectivity index (χ1) is 11.6. The fraction of sp³-hybridized carbons (Fsp3) is 0.619. The Bertz CT molecular complexity index is 554. The average molecular weight is 336 g/mol. The molecule has 1 aromatic carbocycles. The molecule has 0 saturated heterocycles. The van der Waals surface area contributed by atoms with Crippen molar-refractivity contribution in [2.75, 3.05) is 0 Å². The molecule has 0 unspecified atom stereocenters. The summed E-state index contributed by atoms with van der Waals surface area (Å²) in [6.07, 6.45) is 13.9. The Morgan fingerprint density at radius 2 is 1.29 bits per heavy atom. The van der Waals surface area contributed by atoms with Gasteiger partial charge in [-0.3, -0.25) is 0 Å². The van der Waals surface area contributed by atoms with E-state index in [4.69, 9.17) is 0 Å². The van der Waals surface area contributed by atoms with E-state index in [1.165, 1.54) is 37.8 Å². The topological polar surface area (TPSA) is 0 Å². The molecule has 0 aliphatic heterocycles. The predicted molar refractivity (Wildman–Crippen MR) is 91.3 cm³/mol. The third-order valence-electron chi connectivity index (χ3n) is 6.20. The monoisotopic (exact) mass is 336 g/mol. The lowest BCUT2D eigenvalue weighted by Crippen LogP contribution is -2.25. The maximum Gasteiger partial charge on any atom is 0.194 e. The van der Waals surface area contributed by atoms with E-state index >= 15 is 0 Å². The molecule has 2 saturated carbocycles. The third kappa shape index (κ3) is 3.87. The number of allylic oxidation sites excluding steroid dienone is 2. The highest BCUT2D eigenvalue weighted by Crippen LogP contribution is 2.44. The van der Waals surface area contributed by atoms with Gasteiger partial charge in [-0.15, -0.1) is 0 Å². The van der Waals surface area contributed by atoms with Gasteiger partial charge >= 0.3 is 0 Å². The van der Waals surface area contributed by atoms with E-state index < -0.39 is 17.5 Å². The van der Waals surface area contributed by atoms with Crippen molar-refractivity contribution >= 4 is 0 Å². The molecule has 132 valence electrons. The second-order valence-corrected chi connectivity index (χ2v) is 7.61. The molecule has 0 aromatic heterocycles. The quantitative estimate of drug-likeness (QED) is 0.422. The van der Waals surface area contributed by atoms with Gasteiger partial charge in [0.25, 0.3) is 0 Å². The maximum atomic E-state index is 13.4. The van der Waals surface area contributed by atoms with Gasteiger partial charge in [-0.2, -0.15) is 0 Å². The van der Waals surface area contributed by atoms with Crippen molar-refractivity contribution in [1.29, 1.82) is 0 Å². The minimum absolute atomic E-state index is 0.171.